The Labute approximate surface area is 155 Å². The van der Waals surface area contributed by atoms with Crippen molar-refractivity contribution in [2.45, 2.75) is 18.9 Å². The van der Waals surface area contributed by atoms with Crippen molar-refractivity contribution >= 4 is 28.7 Å². The van der Waals surface area contributed by atoms with Crippen LogP contribution in [0.1, 0.15) is 12.8 Å². The molecule has 0 aliphatic heterocycles. The minimum Gasteiger partial charge on any atom is -0.382 e. The lowest BCUT2D eigenvalue weighted by atomic mass is 10.2. The molecule has 1 fully saturated rings. The fourth-order valence-corrected chi connectivity index (χ4v) is 3.03. The standard InChI is InChI=1S/C18H19N9/c1-26-10-21-24-17(26)11-3-2-4-13(7-11)23-16-8-14(22-12-5-6-12)18-20-9-15(19)27(18)25-16/h2-4,7-10,12,22H,5-6,19H2,1H3,(H,23,25). The van der Waals surface area contributed by atoms with Crippen molar-refractivity contribution < 1.29 is 0 Å². The smallest absolute Gasteiger partial charge is 0.179 e. The minimum absolute atomic E-state index is 0.500. The zero-order valence-corrected chi connectivity index (χ0v) is 14.8. The molecular weight excluding hydrogens is 342 g/mol. The number of anilines is 4. The summed E-state index contributed by atoms with van der Waals surface area (Å²) >= 11 is 0. The van der Waals surface area contributed by atoms with Crippen molar-refractivity contribution in [3.8, 4) is 11.4 Å². The molecule has 1 saturated carbocycles. The molecule has 0 bridgehead atoms. The van der Waals surface area contributed by atoms with Crippen molar-refractivity contribution in [3.05, 3.63) is 42.9 Å². The number of aryl methyl sites for hydroxylation is 1. The largest absolute Gasteiger partial charge is 0.382 e. The molecular formula is C18H19N9. The summed E-state index contributed by atoms with van der Waals surface area (Å²) in [5, 5.41) is 19.5. The second-order valence-corrected chi connectivity index (χ2v) is 6.75. The highest BCUT2D eigenvalue weighted by Gasteiger charge is 2.23. The second-order valence-electron chi connectivity index (χ2n) is 6.75. The first-order valence-corrected chi connectivity index (χ1v) is 8.79. The van der Waals surface area contributed by atoms with E-state index in [2.05, 4.69) is 30.9 Å². The van der Waals surface area contributed by atoms with Crippen LogP contribution in [0, 0.1) is 0 Å². The van der Waals surface area contributed by atoms with Crippen LogP contribution >= 0.6 is 0 Å². The number of benzene rings is 1. The van der Waals surface area contributed by atoms with Crippen LogP contribution in [-0.2, 0) is 7.05 Å². The number of hydrogen-bond acceptors (Lipinski definition) is 7. The van der Waals surface area contributed by atoms with Gasteiger partial charge in [-0.05, 0) is 25.0 Å². The van der Waals surface area contributed by atoms with Crippen molar-refractivity contribution in [1.29, 1.82) is 0 Å². The number of nitrogens with two attached hydrogens (primary N) is 1. The van der Waals surface area contributed by atoms with Gasteiger partial charge >= 0.3 is 0 Å². The number of nitrogen functional groups attached to an aromatic ring is 1. The average molecular weight is 361 g/mol. The third-order valence-corrected chi connectivity index (χ3v) is 4.54. The van der Waals surface area contributed by atoms with Gasteiger partial charge in [-0.15, -0.1) is 15.3 Å². The molecule has 1 aliphatic carbocycles. The summed E-state index contributed by atoms with van der Waals surface area (Å²) in [5.41, 5.74) is 9.56. The summed E-state index contributed by atoms with van der Waals surface area (Å²) in [7, 11) is 1.92. The van der Waals surface area contributed by atoms with Crippen LogP contribution in [0.2, 0.25) is 0 Å². The van der Waals surface area contributed by atoms with Crippen LogP contribution < -0.4 is 16.4 Å². The van der Waals surface area contributed by atoms with Crippen molar-refractivity contribution in [2.24, 2.45) is 7.05 Å². The lowest BCUT2D eigenvalue weighted by Crippen LogP contribution is -2.08. The quantitative estimate of drug-likeness (QED) is 0.500. The molecule has 3 aromatic heterocycles. The second kappa shape index (κ2) is 5.97. The highest BCUT2D eigenvalue weighted by Crippen LogP contribution is 2.30. The molecule has 0 unspecified atom stereocenters. The van der Waals surface area contributed by atoms with Gasteiger partial charge in [0.25, 0.3) is 0 Å². The Hall–Kier alpha value is -3.62. The number of nitrogens with zero attached hydrogens (tertiary/aromatic N) is 6. The van der Waals surface area contributed by atoms with Crippen LogP contribution in [0.3, 0.4) is 0 Å². The van der Waals surface area contributed by atoms with E-state index in [0.717, 1.165) is 28.4 Å². The first-order chi connectivity index (χ1) is 13.2. The van der Waals surface area contributed by atoms with E-state index < -0.39 is 0 Å². The van der Waals surface area contributed by atoms with Gasteiger partial charge in [-0.1, -0.05) is 12.1 Å². The van der Waals surface area contributed by atoms with E-state index in [0.29, 0.717) is 17.7 Å². The maximum atomic E-state index is 6.02. The number of hydrogen-bond donors (Lipinski definition) is 3. The molecule has 4 aromatic rings. The van der Waals surface area contributed by atoms with Gasteiger partial charge < -0.3 is 20.9 Å². The van der Waals surface area contributed by atoms with E-state index in [1.807, 2.05) is 41.9 Å². The van der Waals surface area contributed by atoms with E-state index >= 15 is 0 Å². The maximum absolute atomic E-state index is 6.02. The molecule has 0 saturated heterocycles. The van der Waals surface area contributed by atoms with Crippen LogP contribution in [-0.4, -0.2) is 35.4 Å². The molecule has 1 aliphatic rings. The Bertz CT molecular complexity index is 1120. The molecule has 4 N–H and O–H groups in total. The number of imidazole rings is 1. The summed E-state index contributed by atoms with van der Waals surface area (Å²) in [4.78, 5) is 4.37. The number of fused-ring (bicyclic) bond motifs is 1. The molecule has 9 heteroatoms. The van der Waals surface area contributed by atoms with E-state index in [9.17, 15) is 0 Å². The van der Waals surface area contributed by atoms with Crippen LogP contribution in [0.4, 0.5) is 23.0 Å². The number of nitrogens with one attached hydrogen (secondary N) is 2. The molecule has 1 aromatic carbocycles. The van der Waals surface area contributed by atoms with Gasteiger partial charge in [-0.2, -0.15) is 4.52 Å². The van der Waals surface area contributed by atoms with Crippen LogP contribution in [0.15, 0.2) is 42.9 Å². The molecule has 3 heterocycles. The highest BCUT2D eigenvalue weighted by molar-refractivity contribution is 5.75. The summed E-state index contributed by atoms with van der Waals surface area (Å²) in [6, 6.07) is 10.4. The van der Waals surface area contributed by atoms with Crippen molar-refractivity contribution in [2.75, 3.05) is 16.4 Å². The monoisotopic (exact) mass is 361 g/mol. The average Bonchev–Trinajstić information content (AvgIpc) is 3.25. The molecule has 5 rings (SSSR count). The van der Waals surface area contributed by atoms with Crippen molar-refractivity contribution in [1.82, 2.24) is 29.4 Å². The van der Waals surface area contributed by atoms with Gasteiger partial charge in [0.15, 0.2) is 17.3 Å². The lowest BCUT2D eigenvalue weighted by Gasteiger charge is -2.12. The third kappa shape index (κ3) is 2.92. The Morgan fingerprint density at radius 3 is 2.89 bits per heavy atom. The van der Waals surface area contributed by atoms with Crippen LogP contribution in [0.5, 0.6) is 0 Å². The predicted octanol–water partition coefficient (Wildman–Crippen LogP) is 2.42. The SMILES string of the molecule is Cn1cnnc1-c1cccc(Nc2cc(NC3CC3)c3ncc(N)n3n2)c1. The van der Waals surface area contributed by atoms with Gasteiger partial charge in [-0.25, -0.2) is 4.98 Å². The molecule has 0 spiro atoms. The first kappa shape index (κ1) is 15.6. The fourth-order valence-electron chi connectivity index (χ4n) is 3.03. The molecule has 0 atom stereocenters. The summed E-state index contributed by atoms with van der Waals surface area (Å²) < 4.78 is 3.53. The summed E-state index contributed by atoms with van der Waals surface area (Å²) in [6.45, 7) is 0. The molecule has 0 amide bonds. The maximum Gasteiger partial charge on any atom is 0.179 e. The topological polar surface area (TPSA) is 111 Å². The molecule has 136 valence electrons. The Balaban J connectivity index is 1.51. The Kier molecular flexibility index (Phi) is 3.46. The van der Waals surface area contributed by atoms with Gasteiger partial charge in [0.1, 0.15) is 12.1 Å². The van der Waals surface area contributed by atoms with Crippen molar-refractivity contribution in [3.63, 3.8) is 0 Å². The predicted molar refractivity (Wildman–Crippen MR) is 104 cm³/mol. The van der Waals surface area contributed by atoms with Gasteiger partial charge in [0.2, 0.25) is 0 Å². The zero-order chi connectivity index (χ0) is 18.4. The van der Waals surface area contributed by atoms with Crippen LogP contribution in [0.25, 0.3) is 17.0 Å². The summed E-state index contributed by atoms with van der Waals surface area (Å²) in [5.74, 6) is 1.99. The minimum atomic E-state index is 0.500. The van der Waals surface area contributed by atoms with Gasteiger partial charge in [0.05, 0.1) is 11.9 Å². The Morgan fingerprint density at radius 2 is 2.11 bits per heavy atom. The molecule has 0 radical (unpaired) electrons. The highest BCUT2D eigenvalue weighted by atomic mass is 15.3. The normalized spacial score (nSPS) is 13.8. The molecule has 9 nitrogen and oxygen atoms in total. The first-order valence-electron chi connectivity index (χ1n) is 8.79. The van der Waals surface area contributed by atoms with E-state index in [-0.39, 0.29) is 0 Å². The lowest BCUT2D eigenvalue weighted by molar-refractivity contribution is 0.920. The molecule has 27 heavy (non-hydrogen) atoms. The van der Waals surface area contributed by atoms with Gasteiger partial charge in [-0.3, -0.25) is 0 Å². The Morgan fingerprint density at radius 1 is 1.22 bits per heavy atom. The van der Waals surface area contributed by atoms with E-state index in [1.165, 1.54) is 12.8 Å². The third-order valence-electron chi connectivity index (χ3n) is 4.54. The fraction of sp³-hybridized carbons (Fsp3) is 0.222. The number of rotatable bonds is 5. The van der Waals surface area contributed by atoms with E-state index in [4.69, 9.17) is 5.73 Å². The van der Waals surface area contributed by atoms with E-state index in [1.54, 1.807) is 17.0 Å². The van der Waals surface area contributed by atoms with Gasteiger partial charge in [0, 0.05) is 30.4 Å². The summed E-state index contributed by atoms with van der Waals surface area (Å²) in [6.07, 6.45) is 5.65. The number of aromatic nitrogens is 6. The zero-order valence-electron chi connectivity index (χ0n) is 14.8.